The minimum Gasteiger partial charge on any atom is -0.309 e. The van der Waals surface area contributed by atoms with Crippen LogP contribution >= 0.6 is 0 Å². The summed E-state index contributed by atoms with van der Waals surface area (Å²) in [5.74, 6) is 0.234. The molecule has 0 aliphatic carbocycles. The van der Waals surface area contributed by atoms with Crippen LogP contribution in [0.1, 0.15) is 32.6 Å². The largest absolute Gasteiger partial charge is 0.392 e. The van der Waals surface area contributed by atoms with Crippen LogP contribution in [0.5, 0.6) is 0 Å². The Bertz CT molecular complexity index is 197. The predicted molar refractivity (Wildman–Crippen MR) is 61.4 cm³/mol. The van der Waals surface area contributed by atoms with Gasteiger partial charge in [-0.05, 0) is 26.4 Å². The summed E-state index contributed by atoms with van der Waals surface area (Å²) in [6.45, 7) is 2.90. The molecular formula is C12H22F3N. The highest BCUT2D eigenvalue weighted by molar-refractivity contribution is 4.90. The number of halogens is 3. The van der Waals surface area contributed by atoms with Gasteiger partial charge < -0.3 is 4.90 Å². The van der Waals surface area contributed by atoms with Crippen LogP contribution < -0.4 is 0 Å². The average Bonchev–Trinajstić information content (AvgIpc) is 2.11. The van der Waals surface area contributed by atoms with Gasteiger partial charge in [0.15, 0.2) is 0 Å². The summed E-state index contributed by atoms with van der Waals surface area (Å²) in [4.78, 5) is 2.01. The van der Waals surface area contributed by atoms with Crippen molar-refractivity contribution in [3.8, 4) is 0 Å². The maximum Gasteiger partial charge on any atom is 0.392 e. The van der Waals surface area contributed by atoms with Gasteiger partial charge in [0, 0.05) is 6.54 Å². The van der Waals surface area contributed by atoms with Crippen molar-refractivity contribution in [2.75, 3.05) is 20.6 Å². The van der Waals surface area contributed by atoms with Gasteiger partial charge in [0.25, 0.3) is 0 Å². The zero-order valence-electron chi connectivity index (χ0n) is 10.3. The van der Waals surface area contributed by atoms with Crippen molar-refractivity contribution in [3.05, 3.63) is 12.2 Å². The van der Waals surface area contributed by atoms with Crippen molar-refractivity contribution in [2.45, 2.75) is 38.8 Å². The number of alkyl halides is 3. The molecule has 1 nitrogen and oxygen atoms in total. The zero-order valence-corrected chi connectivity index (χ0v) is 10.3. The van der Waals surface area contributed by atoms with Crippen molar-refractivity contribution in [3.63, 3.8) is 0 Å². The number of nitrogens with zero attached hydrogens (tertiary/aromatic N) is 1. The van der Waals surface area contributed by atoms with E-state index in [0.29, 0.717) is 0 Å². The van der Waals surface area contributed by atoms with E-state index in [0.717, 1.165) is 25.8 Å². The maximum absolute atomic E-state index is 12.0. The van der Waals surface area contributed by atoms with Crippen LogP contribution in [0.2, 0.25) is 0 Å². The molecule has 4 heteroatoms. The van der Waals surface area contributed by atoms with E-state index in [2.05, 4.69) is 6.92 Å². The van der Waals surface area contributed by atoms with Gasteiger partial charge >= 0.3 is 6.18 Å². The summed E-state index contributed by atoms with van der Waals surface area (Å²) in [5, 5.41) is 0. The van der Waals surface area contributed by atoms with Crippen LogP contribution in [0.3, 0.4) is 0 Å². The lowest BCUT2D eigenvalue weighted by molar-refractivity contribution is -0.125. The third-order valence-electron chi connectivity index (χ3n) is 2.29. The molecule has 0 aliphatic heterocycles. The van der Waals surface area contributed by atoms with Crippen LogP contribution in [-0.4, -0.2) is 31.7 Å². The molecule has 0 amide bonds. The predicted octanol–water partition coefficient (Wildman–Crippen LogP) is 3.86. The zero-order chi connectivity index (χ0) is 12.6. The summed E-state index contributed by atoms with van der Waals surface area (Å²) in [6.07, 6.45) is 1.18. The van der Waals surface area contributed by atoms with Crippen molar-refractivity contribution in [1.29, 1.82) is 0 Å². The molecule has 0 aromatic rings. The van der Waals surface area contributed by atoms with Crippen molar-refractivity contribution < 1.29 is 13.2 Å². The fraction of sp³-hybridized carbons (Fsp3) is 0.833. The second-order valence-corrected chi connectivity index (χ2v) is 4.41. The first-order chi connectivity index (χ1) is 7.35. The Labute approximate surface area is 96.3 Å². The van der Waals surface area contributed by atoms with E-state index < -0.39 is 12.6 Å². The summed E-state index contributed by atoms with van der Waals surface area (Å²) < 4.78 is 35.9. The number of hydrogen-bond donors (Lipinski definition) is 0. The number of allylic oxidation sites excluding steroid dienone is 1. The highest BCUT2D eigenvalue weighted by Gasteiger charge is 2.24. The van der Waals surface area contributed by atoms with E-state index in [1.54, 1.807) is 6.08 Å². The van der Waals surface area contributed by atoms with E-state index in [-0.39, 0.29) is 5.92 Å². The molecule has 0 aliphatic rings. The molecule has 0 fully saturated rings. The van der Waals surface area contributed by atoms with E-state index in [1.807, 2.05) is 19.0 Å². The van der Waals surface area contributed by atoms with Crippen molar-refractivity contribution in [2.24, 2.45) is 5.92 Å². The summed E-state index contributed by atoms with van der Waals surface area (Å²) in [6, 6.07) is 0. The number of unbranched alkanes of at least 4 members (excludes halogenated alkanes) is 1. The third kappa shape index (κ3) is 10.0. The minimum absolute atomic E-state index is 0.234. The van der Waals surface area contributed by atoms with Crippen LogP contribution in [-0.2, 0) is 0 Å². The topological polar surface area (TPSA) is 3.24 Å². The Kier molecular flexibility index (Phi) is 7.47. The Hall–Kier alpha value is -0.510. The molecule has 1 atom stereocenters. The lowest BCUT2D eigenvalue weighted by Gasteiger charge is -2.17. The Morgan fingerprint density at radius 2 is 1.88 bits per heavy atom. The number of rotatable bonds is 7. The third-order valence-corrected chi connectivity index (χ3v) is 2.29. The second kappa shape index (κ2) is 7.71. The first-order valence-corrected chi connectivity index (χ1v) is 5.73. The molecule has 0 aromatic carbocycles. The molecule has 1 unspecified atom stereocenters. The highest BCUT2D eigenvalue weighted by Crippen LogP contribution is 2.21. The molecule has 96 valence electrons. The fourth-order valence-corrected chi connectivity index (χ4v) is 1.58. The van der Waals surface area contributed by atoms with Crippen LogP contribution in [0.15, 0.2) is 12.2 Å². The highest BCUT2D eigenvalue weighted by atomic mass is 19.4. The van der Waals surface area contributed by atoms with Crippen LogP contribution in [0.4, 0.5) is 13.2 Å². The SMILES string of the molecule is CCCCC(/C=C\CC(F)(F)F)CN(C)C. The van der Waals surface area contributed by atoms with Gasteiger partial charge in [-0.3, -0.25) is 0 Å². The van der Waals surface area contributed by atoms with Gasteiger partial charge in [0.2, 0.25) is 0 Å². The maximum atomic E-state index is 12.0. The first kappa shape index (κ1) is 15.5. The normalized spacial score (nSPS) is 14.9. The van der Waals surface area contributed by atoms with E-state index in [1.165, 1.54) is 6.08 Å². The molecular weight excluding hydrogens is 215 g/mol. The lowest BCUT2D eigenvalue weighted by atomic mass is 10.0. The van der Waals surface area contributed by atoms with Crippen LogP contribution in [0.25, 0.3) is 0 Å². The molecule has 0 bridgehead atoms. The van der Waals surface area contributed by atoms with Crippen molar-refractivity contribution >= 4 is 0 Å². The van der Waals surface area contributed by atoms with E-state index in [9.17, 15) is 13.2 Å². The molecule has 0 heterocycles. The van der Waals surface area contributed by atoms with Gasteiger partial charge in [0.1, 0.15) is 0 Å². The molecule has 0 saturated heterocycles. The minimum atomic E-state index is -4.08. The summed E-state index contributed by atoms with van der Waals surface area (Å²) >= 11 is 0. The quantitative estimate of drug-likeness (QED) is 0.608. The molecule has 0 saturated carbocycles. The Balaban J connectivity index is 4.08. The van der Waals surface area contributed by atoms with E-state index >= 15 is 0 Å². The monoisotopic (exact) mass is 237 g/mol. The summed E-state index contributed by atoms with van der Waals surface area (Å²) in [5.41, 5.74) is 0. The fourth-order valence-electron chi connectivity index (χ4n) is 1.58. The van der Waals surface area contributed by atoms with Gasteiger partial charge in [-0.2, -0.15) is 13.2 Å². The lowest BCUT2D eigenvalue weighted by Crippen LogP contribution is -2.20. The molecule has 0 aromatic heterocycles. The van der Waals surface area contributed by atoms with Gasteiger partial charge in [-0.1, -0.05) is 31.9 Å². The number of hydrogen-bond acceptors (Lipinski definition) is 1. The second-order valence-electron chi connectivity index (χ2n) is 4.41. The first-order valence-electron chi connectivity index (χ1n) is 5.73. The van der Waals surface area contributed by atoms with Gasteiger partial charge in [-0.25, -0.2) is 0 Å². The Morgan fingerprint density at radius 3 is 2.31 bits per heavy atom. The molecule has 0 rings (SSSR count). The average molecular weight is 237 g/mol. The Morgan fingerprint density at radius 1 is 1.25 bits per heavy atom. The standard InChI is InChI=1S/C12H22F3N/c1-4-5-7-11(10-16(2)3)8-6-9-12(13,14)15/h6,8,11H,4-5,7,9-10H2,1-3H3/b8-6-. The van der Waals surface area contributed by atoms with Crippen molar-refractivity contribution in [1.82, 2.24) is 4.90 Å². The van der Waals surface area contributed by atoms with Gasteiger partial charge in [0.05, 0.1) is 6.42 Å². The molecule has 0 N–H and O–H groups in total. The van der Waals surface area contributed by atoms with E-state index in [4.69, 9.17) is 0 Å². The van der Waals surface area contributed by atoms with Crippen LogP contribution in [0, 0.1) is 5.92 Å². The molecule has 0 spiro atoms. The van der Waals surface area contributed by atoms with Gasteiger partial charge in [-0.15, -0.1) is 0 Å². The smallest absolute Gasteiger partial charge is 0.309 e. The summed E-state index contributed by atoms with van der Waals surface area (Å²) in [7, 11) is 3.88. The molecule has 16 heavy (non-hydrogen) atoms. The molecule has 0 radical (unpaired) electrons.